The second kappa shape index (κ2) is 4.91. The molecule has 0 unspecified atom stereocenters. The van der Waals surface area contributed by atoms with Crippen molar-refractivity contribution in [1.29, 1.82) is 0 Å². The normalized spacial score (nSPS) is 9.80. The molecule has 3 N–H and O–H groups in total. The van der Waals surface area contributed by atoms with Crippen molar-refractivity contribution in [2.75, 3.05) is 11.9 Å². The standard InChI is InChI=1S/C10H11ClN2O2/c1-6-3-2-4-7(9(6)11)13-10(15)8(14)5-12/h2-4H,5,12H2,1H3,(H,13,15). The lowest BCUT2D eigenvalue weighted by Crippen LogP contribution is -2.29. The first-order valence-corrected chi connectivity index (χ1v) is 4.73. The molecule has 15 heavy (non-hydrogen) atoms. The second-order valence-corrected chi connectivity index (χ2v) is 3.40. The van der Waals surface area contributed by atoms with E-state index >= 15 is 0 Å². The van der Waals surface area contributed by atoms with E-state index in [-0.39, 0.29) is 6.54 Å². The number of carbonyl (C=O) groups is 2. The van der Waals surface area contributed by atoms with Gasteiger partial charge in [-0.15, -0.1) is 0 Å². The molecular formula is C10H11ClN2O2. The Morgan fingerprint density at radius 1 is 1.47 bits per heavy atom. The summed E-state index contributed by atoms with van der Waals surface area (Å²) in [6.07, 6.45) is 0. The van der Waals surface area contributed by atoms with Crippen molar-refractivity contribution in [2.45, 2.75) is 6.92 Å². The number of halogens is 1. The van der Waals surface area contributed by atoms with Crippen molar-refractivity contribution >= 4 is 29.0 Å². The van der Waals surface area contributed by atoms with E-state index in [1.165, 1.54) is 0 Å². The van der Waals surface area contributed by atoms with Crippen LogP contribution in [0.1, 0.15) is 5.56 Å². The topological polar surface area (TPSA) is 72.2 Å². The van der Waals surface area contributed by atoms with Crippen LogP contribution in [0.15, 0.2) is 18.2 Å². The Morgan fingerprint density at radius 2 is 2.13 bits per heavy atom. The third kappa shape index (κ3) is 2.78. The second-order valence-electron chi connectivity index (χ2n) is 3.02. The molecule has 0 atom stereocenters. The lowest BCUT2D eigenvalue weighted by atomic mass is 10.2. The van der Waals surface area contributed by atoms with Crippen LogP contribution in [-0.2, 0) is 9.59 Å². The number of nitrogens with one attached hydrogen (secondary N) is 1. The van der Waals surface area contributed by atoms with Crippen LogP contribution in [0.2, 0.25) is 5.02 Å². The fourth-order valence-corrected chi connectivity index (χ4v) is 1.20. The molecule has 4 nitrogen and oxygen atoms in total. The zero-order valence-electron chi connectivity index (χ0n) is 8.21. The summed E-state index contributed by atoms with van der Waals surface area (Å²) in [4.78, 5) is 22.1. The molecular weight excluding hydrogens is 216 g/mol. The molecule has 0 saturated heterocycles. The average molecular weight is 227 g/mol. The Morgan fingerprint density at radius 3 is 2.73 bits per heavy atom. The molecule has 0 fully saturated rings. The smallest absolute Gasteiger partial charge is 0.293 e. The van der Waals surface area contributed by atoms with Gasteiger partial charge in [-0.05, 0) is 18.6 Å². The van der Waals surface area contributed by atoms with Crippen molar-refractivity contribution in [3.63, 3.8) is 0 Å². The third-order valence-electron chi connectivity index (χ3n) is 1.88. The molecule has 5 heteroatoms. The minimum atomic E-state index is -0.745. The fourth-order valence-electron chi connectivity index (χ4n) is 1.03. The first kappa shape index (κ1) is 11.7. The summed E-state index contributed by atoms with van der Waals surface area (Å²) in [5.41, 5.74) is 6.30. The number of rotatable bonds is 3. The Kier molecular flexibility index (Phi) is 3.82. The lowest BCUT2D eigenvalue weighted by Gasteiger charge is -2.07. The number of hydrogen-bond acceptors (Lipinski definition) is 3. The van der Waals surface area contributed by atoms with Gasteiger partial charge < -0.3 is 11.1 Å². The highest BCUT2D eigenvalue weighted by Crippen LogP contribution is 2.24. The van der Waals surface area contributed by atoms with Gasteiger partial charge in [-0.25, -0.2) is 0 Å². The van der Waals surface area contributed by atoms with E-state index in [4.69, 9.17) is 17.3 Å². The van der Waals surface area contributed by atoms with E-state index in [1.54, 1.807) is 12.1 Å². The molecule has 0 spiro atoms. The molecule has 0 saturated carbocycles. The summed E-state index contributed by atoms with van der Waals surface area (Å²) in [7, 11) is 0. The molecule has 0 bridgehead atoms. The van der Waals surface area contributed by atoms with Crippen molar-refractivity contribution in [2.24, 2.45) is 5.73 Å². The number of ketones is 1. The number of benzene rings is 1. The van der Waals surface area contributed by atoms with Crippen LogP contribution in [0, 0.1) is 6.92 Å². The van der Waals surface area contributed by atoms with Gasteiger partial charge in [-0.1, -0.05) is 23.7 Å². The maximum atomic E-state index is 11.2. The molecule has 1 amide bonds. The van der Waals surface area contributed by atoms with Gasteiger partial charge in [0, 0.05) is 0 Å². The van der Waals surface area contributed by atoms with Gasteiger partial charge in [0.2, 0.25) is 5.78 Å². The fraction of sp³-hybridized carbons (Fsp3) is 0.200. The number of hydrogen-bond donors (Lipinski definition) is 2. The lowest BCUT2D eigenvalue weighted by molar-refractivity contribution is -0.133. The van der Waals surface area contributed by atoms with Crippen LogP contribution in [-0.4, -0.2) is 18.2 Å². The van der Waals surface area contributed by atoms with Crippen molar-refractivity contribution in [3.05, 3.63) is 28.8 Å². The minimum Gasteiger partial charge on any atom is -0.324 e. The maximum absolute atomic E-state index is 11.2. The number of carbonyl (C=O) groups excluding carboxylic acids is 2. The first-order chi connectivity index (χ1) is 7.06. The Labute approximate surface area is 92.4 Å². The van der Waals surface area contributed by atoms with Crippen LogP contribution in [0.3, 0.4) is 0 Å². The Bertz CT molecular complexity index is 404. The molecule has 1 aromatic rings. The van der Waals surface area contributed by atoms with Gasteiger partial charge in [0.15, 0.2) is 0 Å². The predicted molar refractivity (Wildman–Crippen MR) is 58.9 cm³/mol. The van der Waals surface area contributed by atoms with Gasteiger partial charge >= 0.3 is 0 Å². The SMILES string of the molecule is Cc1cccc(NC(=O)C(=O)CN)c1Cl. The molecule has 0 radical (unpaired) electrons. The van der Waals surface area contributed by atoms with Crippen LogP contribution in [0.25, 0.3) is 0 Å². The highest BCUT2D eigenvalue weighted by Gasteiger charge is 2.13. The summed E-state index contributed by atoms with van der Waals surface area (Å²) >= 11 is 5.93. The molecule has 0 aliphatic rings. The van der Waals surface area contributed by atoms with Crippen LogP contribution in [0.5, 0.6) is 0 Å². The predicted octanol–water partition coefficient (Wildman–Crippen LogP) is 1.11. The largest absolute Gasteiger partial charge is 0.324 e. The van der Waals surface area contributed by atoms with E-state index < -0.39 is 11.7 Å². The molecule has 0 aromatic heterocycles. The number of aryl methyl sites for hydroxylation is 1. The maximum Gasteiger partial charge on any atom is 0.293 e. The number of amides is 1. The summed E-state index contributed by atoms with van der Waals surface area (Å²) < 4.78 is 0. The minimum absolute atomic E-state index is 0.310. The summed E-state index contributed by atoms with van der Waals surface area (Å²) in [6.45, 7) is 1.50. The molecule has 1 rings (SSSR count). The summed E-state index contributed by atoms with van der Waals surface area (Å²) in [6, 6.07) is 5.17. The number of nitrogens with two attached hydrogens (primary N) is 1. The van der Waals surface area contributed by atoms with Gasteiger partial charge in [-0.2, -0.15) is 0 Å². The quantitative estimate of drug-likeness (QED) is 0.759. The number of Topliss-reactive ketones (excluding diaryl/α,β-unsaturated/α-hetero) is 1. The highest BCUT2D eigenvalue weighted by atomic mass is 35.5. The summed E-state index contributed by atoms with van der Waals surface area (Å²) in [5.74, 6) is -1.42. The van der Waals surface area contributed by atoms with Gasteiger partial charge in [0.1, 0.15) is 0 Å². The molecule has 0 heterocycles. The summed E-state index contributed by atoms with van der Waals surface area (Å²) in [5, 5.41) is 2.83. The molecule has 0 aliphatic carbocycles. The van der Waals surface area contributed by atoms with E-state index in [0.717, 1.165) is 5.56 Å². The molecule has 80 valence electrons. The van der Waals surface area contributed by atoms with E-state index in [0.29, 0.717) is 10.7 Å². The number of anilines is 1. The van der Waals surface area contributed by atoms with E-state index in [2.05, 4.69) is 5.32 Å². The zero-order chi connectivity index (χ0) is 11.4. The Hall–Kier alpha value is -1.39. The molecule has 1 aromatic carbocycles. The van der Waals surface area contributed by atoms with Gasteiger partial charge in [-0.3, -0.25) is 9.59 Å². The van der Waals surface area contributed by atoms with Crippen molar-refractivity contribution in [3.8, 4) is 0 Å². The van der Waals surface area contributed by atoms with Crippen molar-refractivity contribution < 1.29 is 9.59 Å². The average Bonchev–Trinajstić information content (AvgIpc) is 2.23. The monoisotopic (exact) mass is 226 g/mol. The third-order valence-corrected chi connectivity index (χ3v) is 2.38. The van der Waals surface area contributed by atoms with Crippen molar-refractivity contribution in [1.82, 2.24) is 0 Å². The zero-order valence-corrected chi connectivity index (χ0v) is 8.97. The van der Waals surface area contributed by atoms with Crippen LogP contribution < -0.4 is 11.1 Å². The van der Waals surface area contributed by atoms with Crippen LogP contribution >= 0.6 is 11.6 Å². The van der Waals surface area contributed by atoms with E-state index in [1.807, 2.05) is 13.0 Å². The first-order valence-electron chi connectivity index (χ1n) is 4.35. The van der Waals surface area contributed by atoms with Gasteiger partial charge in [0.05, 0.1) is 17.3 Å². The Balaban J connectivity index is 2.86. The molecule has 0 aliphatic heterocycles. The highest BCUT2D eigenvalue weighted by molar-refractivity contribution is 6.42. The van der Waals surface area contributed by atoms with E-state index in [9.17, 15) is 9.59 Å². The van der Waals surface area contributed by atoms with Crippen LogP contribution in [0.4, 0.5) is 5.69 Å². The van der Waals surface area contributed by atoms with Gasteiger partial charge in [0.25, 0.3) is 5.91 Å².